The fourth-order valence-electron chi connectivity index (χ4n) is 2.00. The lowest BCUT2D eigenvalue weighted by Crippen LogP contribution is -2.38. The second-order valence-corrected chi connectivity index (χ2v) is 5.85. The molecular weight excluding hydrogens is 382 g/mol. The van der Waals surface area contributed by atoms with Gasteiger partial charge in [-0.15, -0.1) is 0 Å². The number of hydroxylamine groups is 2. The molecule has 7 N–H and O–H groups in total. The molecule has 2 aromatic carbocycles. The molecule has 0 bridgehead atoms. The number of carboxylic acids is 1. The number of carboxylic acid groups (broad SMARTS) is 2. The van der Waals surface area contributed by atoms with Crippen LogP contribution in [0.4, 0.5) is 4.79 Å². The van der Waals surface area contributed by atoms with Gasteiger partial charge in [0.1, 0.15) is 18.9 Å². The van der Waals surface area contributed by atoms with Gasteiger partial charge in [0.2, 0.25) is 5.91 Å². The van der Waals surface area contributed by atoms with Gasteiger partial charge in [0.15, 0.2) is 0 Å². The van der Waals surface area contributed by atoms with Gasteiger partial charge in [0.25, 0.3) is 0 Å². The van der Waals surface area contributed by atoms with Gasteiger partial charge in [-0.1, -0.05) is 42.5 Å². The molecule has 0 heterocycles. The molecule has 2 amide bonds. The van der Waals surface area contributed by atoms with Gasteiger partial charge in [-0.25, -0.2) is 4.79 Å². The van der Waals surface area contributed by atoms with E-state index in [4.69, 9.17) is 31.6 Å². The van der Waals surface area contributed by atoms with Crippen molar-refractivity contribution in [3.8, 4) is 5.75 Å². The Labute approximate surface area is 166 Å². The van der Waals surface area contributed by atoms with Crippen LogP contribution in [0.3, 0.4) is 0 Å². The fraction of sp³-hybridized carbons (Fsp3) is 0.211. The number of rotatable bonds is 8. The third kappa shape index (κ3) is 9.75. The first-order chi connectivity index (χ1) is 13.7. The summed E-state index contributed by atoms with van der Waals surface area (Å²) in [6.07, 6.45) is -1.03. The number of primary amides is 1. The number of hydrogen-bond donors (Lipinski definition) is 5. The minimum atomic E-state index is -1.43. The summed E-state index contributed by atoms with van der Waals surface area (Å²) in [5.41, 5.74) is 12.1. The topological polar surface area (TPSA) is 176 Å². The molecule has 2 aromatic rings. The fourth-order valence-corrected chi connectivity index (χ4v) is 2.00. The lowest BCUT2D eigenvalue weighted by atomic mass is 10.1. The third-order valence-electron chi connectivity index (χ3n) is 3.48. The zero-order valence-electron chi connectivity index (χ0n) is 15.5. The molecule has 1 atom stereocenters. The van der Waals surface area contributed by atoms with E-state index < -0.39 is 30.6 Å². The van der Waals surface area contributed by atoms with Crippen LogP contribution in [-0.4, -0.2) is 50.9 Å². The van der Waals surface area contributed by atoms with Crippen LogP contribution in [0.25, 0.3) is 0 Å². The molecule has 0 spiro atoms. The first-order valence-corrected chi connectivity index (χ1v) is 8.41. The van der Waals surface area contributed by atoms with E-state index in [9.17, 15) is 14.4 Å². The van der Waals surface area contributed by atoms with Crippen LogP contribution < -0.4 is 11.5 Å². The number of phenols is 1. The zero-order chi connectivity index (χ0) is 21.8. The summed E-state index contributed by atoms with van der Waals surface area (Å²) in [7, 11) is 0. The van der Waals surface area contributed by atoms with Crippen molar-refractivity contribution in [2.75, 3.05) is 6.54 Å². The number of nitrogens with two attached hydrogens (primary N) is 2. The Morgan fingerprint density at radius 3 is 2.03 bits per heavy atom. The molecule has 0 saturated carbocycles. The Balaban J connectivity index is 0.000000296. The highest BCUT2D eigenvalue weighted by Crippen LogP contribution is 2.10. The van der Waals surface area contributed by atoms with E-state index in [0.717, 1.165) is 11.1 Å². The van der Waals surface area contributed by atoms with Crippen LogP contribution in [0, 0.1) is 0 Å². The molecule has 2 rings (SSSR count). The highest BCUT2D eigenvalue weighted by Gasteiger charge is 2.16. The van der Waals surface area contributed by atoms with Crippen molar-refractivity contribution in [2.24, 2.45) is 11.5 Å². The number of nitrogens with zero attached hydrogens (tertiary/aromatic N) is 1. The number of phenolic OH excluding ortho intramolecular Hbond substituents is 1. The minimum Gasteiger partial charge on any atom is -0.508 e. The average Bonchev–Trinajstić information content (AvgIpc) is 2.67. The molecule has 1 unspecified atom stereocenters. The SMILES string of the molecule is NC(=O)C(N)Cc1ccc(O)cc1.O=C(O)CN(OCc1ccccc1)C(=O)O. The Kier molecular flexibility index (Phi) is 9.65. The normalized spacial score (nSPS) is 10.9. The molecule has 0 aliphatic rings. The highest BCUT2D eigenvalue weighted by molar-refractivity contribution is 5.79. The molecule has 0 saturated heterocycles. The summed E-state index contributed by atoms with van der Waals surface area (Å²) < 4.78 is 0. The number of aliphatic carboxylic acids is 1. The maximum absolute atomic E-state index is 10.6. The number of amides is 2. The molecule has 0 fully saturated rings. The highest BCUT2D eigenvalue weighted by atomic mass is 16.7. The van der Waals surface area contributed by atoms with Gasteiger partial charge >= 0.3 is 12.1 Å². The predicted octanol–water partition coefficient (Wildman–Crippen LogP) is 0.930. The monoisotopic (exact) mass is 405 g/mol. The van der Waals surface area contributed by atoms with Gasteiger partial charge in [-0.2, -0.15) is 5.06 Å². The summed E-state index contributed by atoms with van der Waals surface area (Å²) in [5.74, 6) is -1.60. The van der Waals surface area contributed by atoms with E-state index in [1.165, 1.54) is 0 Å². The van der Waals surface area contributed by atoms with Gasteiger partial charge < -0.3 is 26.8 Å². The van der Waals surface area contributed by atoms with Gasteiger partial charge in [0, 0.05) is 0 Å². The number of carbonyl (C=O) groups excluding carboxylic acids is 1. The quantitative estimate of drug-likeness (QED) is 0.403. The van der Waals surface area contributed by atoms with Crippen molar-refractivity contribution < 1.29 is 34.5 Å². The minimum absolute atomic E-state index is 0.0143. The van der Waals surface area contributed by atoms with Crippen molar-refractivity contribution in [1.29, 1.82) is 0 Å². The molecule has 29 heavy (non-hydrogen) atoms. The maximum Gasteiger partial charge on any atom is 0.432 e. The Bertz CT molecular complexity index is 797. The lowest BCUT2D eigenvalue weighted by molar-refractivity contribution is -0.166. The van der Waals surface area contributed by atoms with Gasteiger partial charge in [-0.3, -0.25) is 14.4 Å². The van der Waals surface area contributed by atoms with Gasteiger partial charge in [-0.05, 0) is 29.7 Å². The molecule has 156 valence electrons. The van der Waals surface area contributed by atoms with Crippen molar-refractivity contribution in [3.63, 3.8) is 0 Å². The Morgan fingerprint density at radius 1 is 0.966 bits per heavy atom. The third-order valence-corrected chi connectivity index (χ3v) is 3.48. The van der Waals surface area contributed by atoms with Crippen molar-refractivity contribution in [1.82, 2.24) is 5.06 Å². The first kappa shape index (κ1) is 23.4. The van der Waals surface area contributed by atoms with Crippen LogP contribution in [0.2, 0.25) is 0 Å². The number of aromatic hydroxyl groups is 1. The molecule has 10 nitrogen and oxygen atoms in total. The number of benzene rings is 2. The second-order valence-electron chi connectivity index (χ2n) is 5.85. The molecule has 10 heteroatoms. The van der Waals surface area contributed by atoms with Crippen LogP contribution >= 0.6 is 0 Å². The van der Waals surface area contributed by atoms with Gasteiger partial charge in [0.05, 0.1) is 6.04 Å². The maximum atomic E-state index is 10.6. The van der Waals surface area contributed by atoms with Crippen LogP contribution in [0.5, 0.6) is 5.75 Å². The Morgan fingerprint density at radius 2 is 1.55 bits per heavy atom. The first-order valence-electron chi connectivity index (χ1n) is 8.41. The van der Waals surface area contributed by atoms with Crippen molar-refractivity contribution in [2.45, 2.75) is 19.1 Å². The van der Waals surface area contributed by atoms with Crippen LogP contribution in [0.15, 0.2) is 54.6 Å². The molecular formula is C19H23N3O7. The van der Waals surface area contributed by atoms with E-state index in [0.29, 0.717) is 11.5 Å². The smallest absolute Gasteiger partial charge is 0.432 e. The predicted molar refractivity (Wildman–Crippen MR) is 103 cm³/mol. The van der Waals surface area contributed by atoms with E-state index in [2.05, 4.69) is 0 Å². The molecule has 0 aliphatic heterocycles. The van der Waals surface area contributed by atoms with E-state index in [1.54, 1.807) is 48.5 Å². The lowest BCUT2D eigenvalue weighted by Gasteiger charge is -2.16. The summed E-state index contributed by atoms with van der Waals surface area (Å²) in [4.78, 5) is 36.4. The van der Waals surface area contributed by atoms with E-state index in [-0.39, 0.29) is 12.4 Å². The number of carbonyl (C=O) groups is 3. The average molecular weight is 405 g/mol. The van der Waals surface area contributed by atoms with E-state index in [1.807, 2.05) is 6.07 Å². The summed E-state index contributed by atoms with van der Waals surface area (Å²) in [6.45, 7) is -0.692. The Hall–Kier alpha value is -3.63. The second kappa shape index (κ2) is 12.0. The summed E-state index contributed by atoms with van der Waals surface area (Å²) in [5, 5.41) is 26.4. The van der Waals surface area contributed by atoms with Crippen molar-refractivity contribution >= 4 is 18.0 Å². The van der Waals surface area contributed by atoms with Crippen LogP contribution in [-0.2, 0) is 27.5 Å². The molecule has 0 radical (unpaired) electrons. The number of hydrogen-bond acceptors (Lipinski definition) is 6. The summed E-state index contributed by atoms with van der Waals surface area (Å²) in [6, 6.07) is 14.7. The summed E-state index contributed by atoms with van der Waals surface area (Å²) >= 11 is 0. The zero-order valence-corrected chi connectivity index (χ0v) is 15.5. The standard InChI is InChI=1S/C10H11NO5.C9H12N2O2/c12-9(13)6-11(10(14)15)16-7-8-4-2-1-3-5-8;10-8(9(11)13)5-6-1-3-7(12)4-2-6/h1-5H,6-7H2,(H,12,13)(H,14,15);1-4,8,12H,5,10H2,(H2,11,13). The molecule has 0 aliphatic carbocycles. The van der Waals surface area contributed by atoms with E-state index >= 15 is 0 Å². The molecule has 0 aromatic heterocycles. The van der Waals surface area contributed by atoms with Crippen molar-refractivity contribution in [3.05, 3.63) is 65.7 Å². The van der Waals surface area contributed by atoms with Crippen LogP contribution in [0.1, 0.15) is 11.1 Å². The largest absolute Gasteiger partial charge is 0.508 e.